The lowest BCUT2D eigenvalue weighted by Crippen LogP contribution is -2.50. The van der Waals surface area contributed by atoms with Gasteiger partial charge in [0.1, 0.15) is 11.4 Å². The van der Waals surface area contributed by atoms with Crippen LogP contribution in [-0.4, -0.2) is 73.4 Å². The fraction of sp³-hybridized carbons (Fsp3) is 0.333. The lowest BCUT2D eigenvalue weighted by molar-refractivity contribution is 0.0898. The molecular formula is C24H25N3O4S. The first-order valence-electron chi connectivity index (χ1n) is 11.0. The molecule has 2 aromatic rings. The highest BCUT2D eigenvalue weighted by atomic mass is 32.2. The fourth-order valence-electron chi connectivity index (χ4n) is 4.77. The van der Waals surface area contributed by atoms with Gasteiger partial charge in [-0.15, -0.1) is 0 Å². The van der Waals surface area contributed by atoms with Crippen LogP contribution in [0.25, 0.3) is 0 Å². The molecule has 2 aromatic carbocycles. The molecule has 2 saturated heterocycles. The summed E-state index contributed by atoms with van der Waals surface area (Å²) in [6.45, 7) is 2.75. The van der Waals surface area contributed by atoms with Gasteiger partial charge in [-0.3, -0.25) is 9.59 Å². The van der Waals surface area contributed by atoms with E-state index >= 15 is 0 Å². The van der Waals surface area contributed by atoms with Crippen LogP contribution in [0, 0.1) is 0 Å². The van der Waals surface area contributed by atoms with Gasteiger partial charge >= 0.3 is 0 Å². The highest BCUT2D eigenvalue weighted by Gasteiger charge is 2.40. The van der Waals surface area contributed by atoms with Gasteiger partial charge in [0, 0.05) is 50.4 Å². The minimum Gasteiger partial charge on any atom is -0.367 e. The van der Waals surface area contributed by atoms with Gasteiger partial charge in [0.05, 0.1) is 4.90 Å². The Morgan fingerprint density at radius 1 is 0.594 bits per heavy atom. The number of ketones is 2. The summed E-state index contributed by atoms with van der Waals surface area (Å²) in [6, 6.07) is 15.4. The zero-order valence-corrected chi connectivity index (χ0v) is 18.6. The summed E-state index contributed by atoms with van der Waals surface area (Å²) in [4.78, 5) is 31.1. The number of piperazine rings is 1. The number of allylic oxidation sites excluding steroid dienone is 2. The zero-order valence-electron chi connectivity index (χ0n) is 17.7. The lowest BCUT2D eigenvalue weighted by Gasteiger charge is -2.39. The molecule has 2 fully saturated rings. The number of likely N-dealkylation sites (tertiary alicyclic amines) is 1. The van der Waals surface area contributed by atoms with E-state index in [4.69, 9.17) is 0 Å². The van der Waals surface area contributed by atoms with Gasteiger partial charge < -0.3 is 9.80 Å². The van der Waals surface area contributed by atoms with Crippen molar-refractivity contribution in [2.24, 2.45) is 0 Å². The number of benzene rings is 2. The average molecular weight is 452 g/mol. The molecule has 166 valence electrons. The quantitative estimate of drug-likeness (QED) is 0.710. The van der Waals surface area contributed by atoms with Crippen LogP contribution < -0.4 is 0 Å². The second kappa shape index (κ2) is 8.18. The Kier molecular flexibility index (Phi) is 5.35. The number of hydrogen-bond donors (Lipinski definition) is 0. The first-order chi connectivity index (χ1) is 15.5. The molecule has 3 aliphatic rings. The molecule has 0 saturated carbocycles. The Balaban J connectivity index is 1.46. The maximum absolute atomic E-state index is 13.5. The molecule has 0 spiro atoms. The van der Waals surface area contributed by atoms with Gasteiger partial charge in [-0.1, -0.05) is 42.5 Å². The zero-order chi connectivity index (χ0) is 22.3. The molecule has 2 heterocycles. The van der Waals surface area contributed by atoms with Crippen molar-refractivity contribution in [2.45, 2.75) is 17.7 Å². The maximum Gasteiger partial charge on any atom is 0.243 e. The number of sulfonamides is 1. The molecule has 0 atom stereocenters. The maximum atomic E-state index is 13.5. The van der Waals surface area contributed by atoms with Crippen LogP contribution in [0.3, 0.4) is 0 Å². The fourth-order valence-corrected chi connectivity index (χ4v) is 6.21. The summed E-state index contributed by atoms with van der Waals surface area (Å²) >= 11 is 0. The normalized spacial score (nSPS) is 20.1. The Bertz CT molecular complexity index is 1190. The van der Waals surface area contributed by atoms with Crippen molar-refractivity contribution in [3.8, 4) is 0 Å². The second-order valence-electron chi connectivity index (χ2n) is 8.30. The number of carbonyl (C=O) groups is 2. The van der Waals surface area contributed by atoms with Crippen LogP contribution in [0.1, 0.15) is 33.6 Å². The third-order valence-corrected chi connectivity index (χ3v) is 8.34. The predicted molar refractivity (Wildman–Crippen MR) is 120 cm³/mol. The summed E-state index contributed by atoms with van der Waals surface area (Å²) in [7, 11) is -3.59. The average Bonchev–Trinajstić information content (AvgIpc) is 3.36. The molecular weight excluding hydrogens is 426 g/mol. The Morgan fingerprint density at radius 2 is 1.06 bits per heavy atom. The third-order valence-electron chi connectivity index (χ3n) is 6.43. The van der Waals surface area contributed by atoms with Crippen LogP contribution >= 0.6 is 0 Å². The van der Waals surface area contributed by atoms with Crippen molar-refractivity contribution in [3.63, 3.8) is 0 Å². The third kappa shape index (κ3) is 3.43. The van der Waals surface area contributed by atoms with Gasteiger partial charge in [0.15, 0.2) is 0 Å². The van der Waals surface area contributed by atoms with Crippen molar-refractivity contribution in [1.29, 1.82) is 0 Å². The lowest BCUT2D eigenvalue weighted by atomic mass is 9.89. The van der Waals surface area contributed by atoms with Crippen molar-refractivity contribution >= 4 is 21.6 Å². The number of nitrogens with zero attached hydrogens (tertiary/aromatic N) is 3. The summed E-state index contributed by atoms with van der Waals surface area (Å²) in [5.74, 6) is -0.266. The molecule has 0 N–H and O–H groups in total. The van der Waals surface area contributed by atoms with Crippen LogP contribution in [0.15, 0.2) is 70.9 Å². The van der Waals surface area contributed by atoms with Crippen LogP contribution in [0.4, 0.5) is 0 Å². The van der Waals surface area contributed by atoms with E-state index in [0.717, 1.165) is 25.9 Å². The van der Waals surface area contributed by atoms with Crippen LogP contribution in [-0.2, 0) is 10.0 Å². The van der Waals surface area contributed by atoms with Gasteiger partial charge in [-0.25, -0.2) is 8.42 Å². The predicted octanol–water partition coefficient (Wildman–Crippen LogP) is 2.38. The molecule has 0 radical (unpaired) electrons. The summed E-state index contributed by atoms with van der Waals surface area (Å²) in [6.07, 6.45) is 1.98. The van der Waals surface area contributed by atoms with E-state index in [2.05, 4.69) is 0 Å². The number of rotatable bonds is 4. The number of Topliss-reactive ketones (excluding diaryl/α,β-unsaturated/α-hetero) is 2. The van der Waals surface area contributed by atoms with Gasteiger partial charge in [0.25, 0.3) is 0 Å². The van der Waals surface area contributed by atoms with E-state index in [9.17, 15) is 18.0 Å². The van der Waals surface area contributed by atoms with E-state index in [1.165, 1.54) is 4.31 Å². The summed E-state index contributed by atoms with van der Waals surface area (Å²) in [5, 5.41) is 0. The van der Waals surface area contributed by atoms with E-state index < -0.39 is 10.0 Å². The van der Waals surface area contributed by atoms with Crippen LogP contribution in [0.2, 0.25) is 0 Å². The monoisotopic (exact) mass is 451 g/mol. The van der Waals surface area contributed by atoms with Crippen molar-refractivity contribution < 1.29 is 18.0 Å². The largest absolute Gasteiger partial charge is 0.367 e. The molecule has 32 heavy (non-hydrogen) atoms. The Labute approximate surface area is 188 Å². The molecule has 0 aromatic heterocycles. The van der Waals surface area contributed by atoms with Crippen molar-refractivity contribution in [2.75, 3.05) is 39.3 Å². The molecule has 2 aliphatic heterocycles. The molecule has 0 unspecified atom stereocenters. The van der Waals surface area contributed by atoms with Gasteiger partial charge in [0.2, 0.25) is 21.6 Å². The minimum atomic E-state index is -3.59. The number of carbonyl (C=O) groups excluding carboxylic acids is 2. The topological polar surface area (TPSA) is 78.0 Å². The molecule has 7 nitrogen and oxygen atoms in total. The van der Waals surface area contributed by atoms with Crippen LogP contribution in [0.5, 0.6) is 0 Å². The molecule has 0 amide bonds. The van der Waals surface area contributed by atoms with E-state index in [1.54, 1.807) is 54.6 Å². The first kappa shape index (κ1) is 20.9. The standard InChI is InChI=1S/C24H25N3O4S/c28-23-19-10-4-5-11-20(19)24(29)22(21(23)25-12-6-7-13-25)26-14-16-27(17-15-26)32(30,31)18-8-2-1-3-9-18/h1-5,8-11H,6-7,12-17H2. The van der Waals surface area contributed by atoms with E-state index in [0.29, 0.717) is 35.6 Å². The summed E-state index contributed by atoms with van der Waals surface area (Å²) < 4.78 is 27.4. The number of fused-ring (bicyclic) bond motifs is 1. The molecule has 0 bridgehead atoms. The highest BCUT2D eigenvalue weighted by molar-refractivity contribution is 7.89. The van der Waals surface area contributed by atoms with E-state index in [1.807, 2.05) is 9.80 Å². The van der Waals surface area contributed by atoms with E-state index in [-0.39, 0.29) is 29.6 Å². The van der Waals surface area contributed by atoms with Gasteiger partial charge in [-0.05, 0) is 25.0 Å². The minimum absolute atomic E-state index is 0.114. The SMILES string of the molecule is O=C1C(N2CCCC2)=C(N2CCN(S(=O)(=O)c3ccccc3)CC2)C(=O)c2ccccc21. The molecule has 1 aliphatic carbocycles. The number of hydrogen-bond acceptors (Lipinski definition) is 6. The summed E-state index contributed by atoms with van der Waals surface area (Å²) in [5.41, 5.74) is 1.78. The van der Waals surface area contributed by atoms with Crippen molar-refractivity contribution in [1.82, 2.24) is 14.1 Å². The first-order valence-corrected chi connectivity index (χ1v) is 12.4. The smallest absolute Gasteiger partial charge is 0.243 e. The Hall–Kier alpha value is -2.97. The molecule has 8 heteroatoms. The second-order valence-corrected chi connectivity index (χ2v) is 10.2. The Morgan fingerprint density at radius 3 is 1.59 bits per heavy atom. The molecule has 5 rings (SSSR count). The highest BCUT2D eigenvalue weighted by Crippen LogP contribution is 2.33. The van der Waals surface area contributed by atoms with Crippen molar-refractivity contribution in [3.05, 3.63) is 77.1 Å². The van der Waals surface area contributed by atoms with Gasteiger partial charge in [-0.2, -0.15) is 4.31 Å².